The van der Waals surface area contributed by atoms with Crippen LogP contribution in [-0.2, 0) is 5.60 Å². The second kappa shape index (κ2) is 9.21. The van der Waals surface area contributed by atoms with Crippen molar-refractivity contribution in [3.63, 3.8) is 0 Å². The molecular weight excluding hydrogens is 552 g/mol. The van der Waals surface area contributed by atoms with Gasteiger partial charge in [-0.1, -0.05) is 18.2 Å². The number of fused-ring (bicyclic) bond motifs is 2. The minimum absolute atomic E-state index is 0.0977. The van der Waals surface area contributed by atoms with Gasteiger partial charge in [-0.3, -0.25) is 9.59 Å². The quantitative estimate of drug-likeness (QED) is 0.165. The molecule has 8 N–H and O–H groups in total. The van der Waals surface area contributed by atoms with Gasteiger partial charge >= 0.3 is 0 Å². The van der Waals surface area contributed by atoms with E-state index in [0.717, 1.165) is 30.3 Å². The lowest BCUT2D eigenvalue weighted by molar-refractivity contribution is -0.0569. The topological polar surface area (TPSA) is 214 Å². The van der Waals surface area contributed by atoms with Crippen molar-refractivity contribution in [2.24, 2.45) is 0 Å². The van der Waals surface area contributed by atoms with E-state index in [4.69, 9.17) is 9.47 Å². The van der Waals surface area contributed by atoms with Crippen molar-refractivity contribution >= 4 is 11.6 Å². The fraction of sp³-hybridized carbons (Fsp3) is 0.133. The highest BCUT2D eigenvalue weighted by atomic mass is 16.5. The van der Waals surface area contributed by atoms with Gasteiger partial charge in [0, 0.05) is 18.2 Å². The summed E-state index contributed by atoms with van der Waals surface area (Å²) in [6.07, 6.45) is -3.23. The van der Waals surface area contributed by atoms with Crippen LogP contribution in [0.2, 0.25) is 0 Å². The van der Waals surface area contributed by atoms with E-state index in [1.54, 1.807) is 0 Å². The maximum absolute atomic E-state index is 14.2. The first-order valence-electron chi connectivity index (χ1n) is 12.5. The molecule has 42 heavy (non-hydrogen) atoms. The molecule has 2 aliphatic rings. The summed E-state index contributed by atoms with van der Waals surface area (Å²) in [5.74, 6) is -6.64. The highest BCUT2D eigenvalue weighted by Crippen LogP contribution is 2.57. The molecule has 214 valence electrons. The maximum atomic E-state index is 14.2. The van der Waals surface area contributed by atoms with E-state index in [0.29, 0.717) is 0 Å². The molecule has 4 aromatic carbocycles. The summed E-state index contributed by atoms with van der Waals surface area (Å²) in [4.78, 5) is 27.5. The molecule has 3 unspecified atom stereocenters. The number of hydrogen-bond donors (Lipinski definition) is 8. The van der Waals surface area contributed by atoms with Crippen LogP contribution in [0.5, 0.6) is 51.7 Å². The van der Waals surface area contributed by atoms with Gasteiger partial charge in [-0.05, 0) is 35.4 Å². The summed E-state index contributed by atoms with van der Waals surface area (Å²) in [5.41, 5.74) is -4.29. The molecule has 6 rings (SSSR count). The standard InChI is InChI=1S/C30H22O12/c31-14-4-1-12(2-5-14)29-30(40,28(39)25-18(35)8-15(32)9-23(25)42-29)26-21(38)10-19(36)24-20(37)11-22(41-27(24)26)13-3-6-16(33)17(34)7-13/h1-10,22,29,31-36,38,40H,11H2. The van der Waals surface area contributed by atoms with Crippen molar-refractivity contribution in [1.29, 1.82) is 0 Å². The maximum Gasteiger partial charge on any atom is 0.210 e. The van der Waals surface area contributed by atoms with Crippen LogP contribution in [-0.4, -0.2) is 52.4 Å². The van der Waals surface area contributed by atoms with Gasteiger partial charge in [0.25, 0.3) is 0 Å². The third-order valence-corrected chi connectivity index (χ3v) is 7.36. The van der Waals surface area contributed by atoms with E-state index in [9.17, 15) is 50.4 Å². The van der Waals surface area contributed by atoms with Gasteiger partial charge in [-0.15, -0.1) is 0 Å². The first-order chi connectivity index (χ1) is 19.9. The Morgan fingerprint density at radius 3 is 2.00 bits per heavy atom. The highest BCUT2D eigenvalue weighted by Gasteiger charge is 2.57. The minimum atomic E-state index is -2.93. The van der Waals surface area contributed by atoms with Gasteiger partial charge < -0.3 is 50.3 Å². The summed E-state index contributed by atoms with van der Waals surface area (Å²) in [6.45, 7) is 0. The minimum Gasteiger partial charge on any atom is -0.508 e. The molecule has 3 atom stereocenters. The normalized spacial score (nSPS) is 21.2. The Hall–Kier alpha value is -5.62. The van der Waals surface area contributed by atoms with Crippen LogP contribution in [0.15, 0.2) is 60.7 Å². The van der Waals surface area contributed by atoms with E-state index in [1.165, 1.54) is 30.3 Å². The van der Waals surface area contributed by atoms with E-state index in [2.05, 4.69) is 0 Å². The van der Waals surface area contributed by atoms with Crippen LogP contribution >= 0.6 is 0 Å². The molecule has 4 aromatic rings. The number of aliphatic hydroxyl groups is 1. The molecular formula is C30H22O12. The van der Waals surface area contributed by atoms with Crippen molar-refractivity contribution in [3.8, 4) is 51.7 Å². The molecule has 0 fully saturated rings. The predicted octanol–water partition coefficient (Wildman–Crippen LogP) is 3.54. The largest absolute Gasteiger partial charge is 0.508 e. The lowest BCUT2D eigenvalue weighted by atomic mass is 9.74. The molecule has 0 radical (unpaired) electrons. The molecule has 0 saturated carbocycles. The number of rotatable bonds is 3. The number of Topliss-reactive ketones (excluding diaryl/α,β-unsaturated/α-hetero) is 2. The number of hydrogen-bond acceptors (Lipinski definition) is 12. The van der Waals surface area contributed by atoms with Crippen molar-refractivity contribution < 1.29 is 59.9 Å². The molecule has 0 saturated heterocycles. The molecule has 2 aliphatic heterocycles. The van der Waals surface area contributed by atoms with Gasteiger partial charge in [0.2, 0.25) is 11.4 Å². The fourth-order valence-electron chi connectivity index (χ4n) is 5.40. The molecule has 0 spiro atoms. The van der Waals surface area contributed by atoms with Gasteiger partial charge in [-0.2, -0.15) is 0 Å². The molecule has 12 nitrogen and oxygen atoms in total. The molecule has 12 heteroatoms. The van der Waals surface area contributed by atoms with Crippen molar-refractivity contribution in [2.75, 3.05) is 0 Å². The van der Waals surface area contributed by atoms with E-state index in [1.807, 2.05) is 0 Å². The first-order valence-corrected chi connectivity index (χ1v) is 12.5. The van der Waals surface area contributed by atoms with Crippen molar-refractivity contribution in [2.45, 2.75) is 24.2 Å². The zero-order valence-corrected chi connectivity index (χ0v) is 21.3. The number of phenolic OH excluding ortho intramolecular Hbond substituents is 7. The van der Waals surface area contributed by atoms with E-state index in [-0.39, 0.29) is 29.0 Å². The fourth-order valence-corrected chi connectivity index (χ4v) is 5.40. The highest BCUT2D eigenvalue weighted by molar-refractivity contribution is 6.11. The van der Waals surface area contributed by atoms with Crippen LogP contribution in [0, 0.1) is 0 Å². The molecule has 0 aliphatic carbocycles. The third kappa shape index (κ3) is 3.88. The Bertz CT molecular complexity index is 1800. The number of aromatic hydroxyl groups is 7. The van der Waals surface area contributed by atoms with Crippen LogP contribution in [0.25, 0.3) is 0 Å². The smallest absolute Gasteiger partial charge is 0.210 e. The lowest BCUT2D eigenvalue weighted by Crippen LogP contribution is -2.48. The number of benzene rings is 4. The third-order valence-electron chi connectivity index (χ3n) is 7.36. The van der Waals surface area contributed by atoms with Crippen LogP contribution in [0.4, 0.5) is 0 Å². The zero-order valence-electron chi connectivity index (χ0n) is 21.3. The second-order valence-corrected chi connectivity index (χ2v) is 10.00. The van der Waals surface area contributed by atoms with Crippen molar-refractivity contribution in [1.82, 2.24) is 0 Å². The molecule has 0 bridgehead atoms. The average Bonchev–Trinajstić information content (AvgIpc) is 2.92. The molecule has 0 amide bonds. The van der Waals surface area contributed by atoms with Gasteiger partial charge in [0.15, 0.2) is 23.4 Å². The second-order valence-electron chi connectivity index (χ2n) is 10.00. The van der Waals surface area contributed by atoms with Gasteiger partial charge in [-0.25, -0.2) is 0 Å². The van der Waals surface area contributed by atoms with Crippen LogP contribution in [0.1, 0.15) is 56.0 Å². The van der Waals surface area contributed by atoms with E-state index >= 15 is 0 Å². The molecule has 0 aromatic heterocycles. The van der Waals surface area contributed by atoms with Gasteiger partial charge in [0.1, 0.15) is 57.5 Å². The number of carbonyl (C=O) groups is 2. The number of ketones is 2. The Balaban J connectivity index is 1.62. The number of phenols is 7. The molecule has 2 heterocycles. The average molecular weight is 574 g/mol. The summed E-state index contributed by atoms with van der Waals surface area (Å²) in [5, 5.41) is 84.3. The van der Waals surface area contributed by atoms with E-state index < -0.39 is 86.3 Å². The Kier molecular flexibility index (Phi) is 5.83. The SMILES string of the molecule is O=C1CC(c2ccc(O)c(O)c2)Oc2c1c(O)cc(O)c2C1(O)C(=O)c2c(O)cc(O)cc2OC1c1ccc(O)cc1. The zero-order chi connectivity index (χ0) is 30.1. The Labute approximate surface area is 236 Å². The lowest BCUT2D eigenvalue weighted by Gasteiger charge is -2.41. The summed E-state index contributed by atoms with van der Waals surface area (Å²) >= 11 is 0. The number of carbonyl (C=O) groups excluding carboxylic acids is 2. The Morgan fingerprint density at radius 1 is 0.643 bits per heavy atom. The monoisotopic (exact) mass is 574 g/mol. The summed E-state index contributed by atoms with van der Waals surface area (Å²) in [7, 11) is 0. The predicted molar refractivity (Wildman–Crippen MR) is 141 cm³/mol. The number of ether oxygens (including phenoxy) is 2. The Morgan fingerprint density at radius 2 is 1.31 bits per heavy atom. The van der Waals surface area contributed by atoms with Crippen LogP contribution < -0.4 is 9.47 Å². The van der Waals surface area contributed by atoms with Crippen LogP contribution in [0.3, 0.4) is 0 Å². The van der Waals surface area contributed by atoms with Crippen molar-refractivity contribution in [3.05, 3.63) is 88.5 Å². The van der Waals surface area contributed by atoms with Gasteiger partial charge in [0.05, 0.1) is 12.0 Å². The summed E-state index contributed by atoms with van der Waals surface area (Å²) in [6, 6.07) is 11.5. The summed E-state index contributed by atoms with van der Waals surface area (Å²) < 4.78 is 12.0. The first kappa shape index (κ1) is 26.6.